The van der Waals surface area contributed by atoms with Crippen LogP contribution in [0.3, 0.4) is 0 Å². The number of likely N-dealkylation sites (tertiary alicyclic amines) is 1. The van der Waals surface area contributed by atoms with E-state index in [4.69, 9.17) is 11.6 Å². The molecule has 0 aromatic heterocycles. The molecule has 2 fully saturated rings. The smallest absolute Gasteiger partial charge is 0.0438 e. The van der Waals surface area contributed by atoms with E-state index >= 15 is 0 Å². The van der Waals surface area contributed by atoms with E-state index in [1.807, 2.05) is 11.9 Å². The molecule has 1 aromatic carbocycles. The molecule has 0 radical (unpaired) electrons. The number of hydrogen-bond donors (Lipinski definition) is 0. The Morgan fingerprint density at radius 2 is 1.61 bits per heavy atom. The van der Waals surface area contributed by atoms with E-state index in [-0.39, 0.29) is 0 Å². The molecule has 0 saturated carbocycles. The van der Waals surface area contributed by atoms with E-state index in [1.165, 1.54) is 67.9 Å². The number of piperidine rings is 2. The highest BCUT2D eigenvalue weighted by Gasteiger charge is 2.27. The first-order valence-electron chi connectivity index (χ1n) is 8.96. The van der Waals surface area contributed by atoms with Gasteiger partial charge in [-0.05, 0) is 93.7 Å². The van der Waals surface area contributed by atoms with Crippen molar-refractivity contribution < 1.29 is 0 Å². The van der Waals surface area contributed by atoms with Gasteiger partial charge in [-0.1, -0.05) is 18.5 Å². The zero-order valence-corrected chi connectivity index (χ0v) is 16.2. The Morgan fingerprint density at radius 1 is 0.957 bits per heavy atom. The van der Waals surface area contributed by atoms with Crippen LogP contribution in [0.15, 0.2) is 17.0 Å². The average Bonchev–Trinajstić information content (AvgIpc) is 2.54. The predicted molar refractivity (Wildman–Crippen MR) is 101 cm³/mol. The molecular formula is C19H29ClN2S. The first-order chi connectivity index (χ1) is 11.0. The van der Waals surface area contributed by atoms with Gasteiger partial charge in [0.2, 0.25) is 0 Å². The molecule has 0 unspecified atom stereocenters. The number of nitrogens with zero attached hydrogens (tertiary/aromatic N) is 2. The van der Waals surface area contributed by atoms with Crippen molar-refractivity contribution in [2.24, 2.45) is 5.92 Å². The van der Waals surface area contributed by atoms with Gasteiger partial charge in [0.05, 0.1) is 0 Å². The van der Waals surface area contributed by atoms with E-state index in [1.54, 1.807) is 0 Å². The van der Waals surface area contributed by atoms with Crippen LogP contribution in [0.4, 0.5) is 0 Å². The minimum atomic E-state index is 0.812. The van der Waals surface area contributed by atoms with Gasteiger partial charge in [0.25, 0.3) is 0 Å². The van der Waals surface area contributed by atoms with Gasteiger partial charge < -0.3 is 4.90 Å². The Kier molecular flexibility index (Phi) is 5.95. The second kappa shape index (κ2) is 7.77. The normalized spacial score (nSPS) is 22.6. The monoisotopic (exact) mass is 352 g/mol. The van der Waals surface area contributed by atoms with E-state index in [9.17, 15) is 0 Å². The van der Waals surface area contributed by atoms with E-state index in [2.05, 4.69) is 42.1 Å². The zero-order valence-electron chi connectivity index (χ0n) is 14.6. The summed E-state index contributed by atoms with van der Waals surface area (Å²) in [7, 11) is 0. The first kappa shape index (κ1) is 17.6. The lowest BCUT2D eigenvalue weighted by atomic mass is 9.95. The van der Waals surface area contributed by atoms with E-state index < -0.39 is 0 Å². The van der Waals surface area contributed by atoms with E-state index in [0.717, 1.165) is 17.0 Å². The van der Waals surface area contributed by atoms with Crippen molar-refractivity contribution >= 4 is 23.5 Å². The highest BCUT2D eigenvalue weighted by molar-refractivity contribution is 7.97. The average molecular weight is 353 g/mol. The Morgan fingerprint density at radius 3 is 2.26 bits per heavy atom. The molecule has 1 aromatic rings. The summed E-state index contributed by atoms with van der Waals surface area (Å²) in [5, 5.41) is 0.880. The summed E-state index contributed by atoms with van der Waals surface area (Å²) in [6.07, 6.45) is 5.40. The molecule has 2 saturated heterocycles. The Balaban J connectivity index is 1.52. The zero-order chi connectivity index (χ0) is 16.4. The van der Waals surface area contributed by atoms with Crippen molar-refractivity contribution in [3.63, 3.8) is 0 Å². The lowest BCUT2D eigenvalue weighted by Gasteiger charge is -2.41. The summed E-state index contributed by atoms with van der Waals surface area (Å²) in [5.41, 5.74) is 2.47. The maximum absolute atomic E-state index is 6.22. The number of hydrogen-bond acceptors (Lipinski definition) is 3. The van der Waals surface area contributed by atoms with Crippen LogP contribution in [0.2, 0.25) is 5.02 Å². The number of aryl methyl sites for hydroxylation is 2. The van der Waals surface area contributed by atoms with Crippen LogP contribution in [0.5, 0.6) is 0 Å². The van der Waals surface area contributed by atoms with Crippen molar-refractivity contribution in [3.05, 3.63) is 28.3 Å². The second-order valence-electron chi connectivity index (χ2n) is 7.34. The molecule has 2 aliphatic rings. The summed E-state index contributed by atoms with van der Waals surface area (Å²) in [6, 6.07) is 5.15. The number of rotatable bonds is 3. The highest BCUT2D eigenvalue weighted by Crippen LogP contribution is 2.33. The largest absolute Gasteiger partial charge is 0.300 e. The van der Waals surface area contributed by atoms with Crippen molar-refractivity contribution in [2.45, 2.75) is 57.4 Å². The number of halogens is 1. The maximum atomic E-state index is 6.22. The molecular weight excluding hydrogens is 324 g/mol. The standard InChI is InChI=1S/C19H29ClN2S/c1-14-4-8-21(9-5-14)17-6-10-22(11-7-17)23-19-13-15(2)18(20)12-16(19)3/h12-14,17H,4-11H2,1-3H3. The highest BCUT2D eigenvalue weighted by atomic mass is 35.5. The van der Waals surface area contributed by atoms with Crippen LogP contribution in [0.1, 0.15) is 43.7 Å². The summed E-state index contributed by atoms with van der Waals surface area (Å²) >= 11 is 8.13. The van der Waals surface area contributed by atoms with Gasteiger partial charge in [-0.3, -0.25) is 0 Å². The predicted octanol–water partition coefficient (Wildman–Crippen LogP) is 5.16. The van der Waals surface area contributed by atoms with Gasteiger partial charge in [0.15, 0.2) is 0 Å². The third kappa shape index (κ3) is 4.45. The number of benzene rings is 1. The lowest BCUT2D eigenvalue weighted by molar-refractivity contribution is 0.103. The fraction of sp³-hybridized carbons (Fsp3) is 0.684. The van der Waals surface area contributed by atoms with Crippen molar-refractivity contribution in [2.75, 3.05) is 26.2 Å². The van der Waals surface area contributed by atoms with Gasteiger partial charge in [-0.25, -0.2) is 4.31 Å². The molecule has 0 bridgehead atoms. The second-order valence-corrected chi connectivity index (χ2v) is 8.88. The molecule has 128 valence electrons. The molecule has 0 N–H and O–H groups in total. The van der Waals surface area contributed by atoms with Crippen molar-refractivity contribution in [1.29, 1.82) is 0 Å². The Bertz CT molecular complexity index is 532. The molecule has 0 amide bonds. The molecule has 0 atom stereocenters. The van der Waals surface area contributed by atoms with Gasteiger partial charge in [-0.2, -0.15) is 0 Å². The minimum Gasteiger partial charge on any atom is -0.300 e. The van der Waals surface area contributed by atoms with Crippen molar-refractivity contribution in [3.8, 4) is 0 Å². The molecule has 0 spiro atoms. The van der Waals surface area contributed by atoms with Crippen molar-refractivity contribution in [1.82, 2.24) is 9.21 Å². The van der Waals surface area contributed by atoms with Crippen LogP contribution in [0.25, 0.3) is 0 Å². The van der Waals surface area contributed by atoms with Gasteiger partial charge >= 0.3 is 0 Å². The Labute approximate surface area is 150 Å². The summed E-state index contributed by atoms with van der Waals surface area (Å²) in [6.45, 7) is 11.7. The third-order valence-corrected chi connectivity index (χ3v) is 7.11. The quantitative estimate of drug-likeness (QED) is 0.694. The third-order valence-electron chi connectivity index (χ3n) is 5.44. The Hall–Kier alpha value is -0.220. The molecule has 23 heavy (non-hydrogen) atoms. The molecule has 2 heterocycles. The molecule has 3 rings (SSSR count). The van der Waals surface area contributed by atoms with Crippen LogP contribution in [-0.4, -0.2) is 41.4 Å². The molecule has 2 aliphatic heterocycles. The van der Waals surface area contributed by atoms with Gasteiger partial charge in [0, 0.05) is 29.0 Å². The lowest BCUT2D eigenvalue weighted by Crippen LogP contribution is -2.46. The van der Waals surface area contributed by atoms with E-state index in [0.29, 0.717) is 0 Å². The van der Waals surface area contributed by atoms with Crippen LogP contribution in [-0.2, 0) is 0 Å². The summed E-state index contributed by atoms with van der Waals surface area (Å²) < 4.78 is 2.54. The van der Waals surface area contributed by atoms with Gasteiger partial charge in [0.1, 0.15) is 0 Å². The van der Waals surface area contributed by atoms with Crippen LogP contribution >= 0.6 is 23.5 Å². The first-order valence-corrected chi connectivity index (χ1v) is 10.1. The maximum Gasteiger partial charge on any atom is 0.0438 e. The van der Waals surface area contributed by atoms with Crippen LogP contribution < -0.4 is 0 Å². The molecule has 0 aliphatic carbocycles. The van der Waals surface area contributed by atoms with Crippen LogP contribution in [0, 0.1) is 19.8 Å². The molecule has 4 heteroatoms. The fourth-order valence-electron chi connectivity index (χ4n) is 3.68. The molecule has 2 nitrogen and oxygen atoms in total. The topological polar surface area (TPSA) is 6.48 Å². The summed E-state index contributed by atoms with van der Waals surface area (Å²) in [4.78, 5) is 4.11. The SMILES string of the molecule is Cc1cc(SN2CCC(N3CCC(C)CC3)CC2)c(C)cc1Cl. The summed E-state index contributed by atoms with van der Waals surface area (Å²) in [5.74, 6) is 0.929. The fourth-order valence-corrected chi connectivity index (χ4v) is 5.01. The minimum absolute atomic E-state index is 0.812. The van der Waals surface area contributed by atoms with Gasteiger partial charge in [-0.15, -0.1) is 0 Å².